The fourth-order valence-corrected chi connectivity index (χ4v) is 2.62. The van der Waals surface area contributed by atoms with E-state index in [0.717, 1.165) is 31.5 Å². The Hall–Kier alpha value is -1.89. The Bertz CT molecular complexity index is 717. The Balaban J connectivity index is 2.03. The van der Waals surface area contributed by atoms with Crippen LogP contribution in [0, 0.1) is 0 Å². The maximum atomic E-state index is 12.7. The monoisotopic (exact) mass is 297 g/mol. The molecule has 0 saturated carbocycles. The number of nitrogens with zero attached hydrogens (tertiary/aromatic N) is 2. The van der Waals surface area contributed by atoms with Gasteiger partial charge in [0.15, 0.2) is 0 Å². The van der Waals surface area contributed by atoms with Crippen molar-refractivity contribution in [2.75, 3.05) is 6.54 Å². The molecule has 1 saturated heterocycles. The van der Waals surface area contributed by atoms with Crippen LogP contribution in [0.2, 0.25) is 0 Å². The van der Waals surface area contributed by atoms with Gasteiger partial charge in [-0.05, 0) is 37.6 Å². The van der Waals surface area contributed by atoms with Crippen LogP contribution in [0.1, 0.15) is 18.4 Å². The van der Waals surface area contributed by atoms with Gasteiger partial charge in [0.1, 0.15) is 0 Å². The van der Waals surface area contributed by atoms with Crippen molar-refractivity contribution in [3.05, 3.63) is 40.4 Å². The lowest BCUT2D eigenvalue weighted by Crippen LogP contribution is -2.32. The molecule has 0 spiro atoms. The molecule has 0 aliphatic carbocycles. The average molecular weight is 297 g/mol. The summed E-state index contributed by atoms with van der Waals surface area (Å²) in [5.41, 5.74) is -0.978. The molecule has 0 amide bonds. The Morgan fingerprint density at radius 1 is 1.38 bits per heavy atom. The Morgan fingerprint density at radius 2 is 2.19 bits per heavy atom. The van der Waals surface area contributed by atoms with Gasteiger partial charge < -0.3 is 5.32 Å². The maximum Gasteiger partial charge on any atom is 0.416 e. The van der Waals surface area contributed by atoms with Crippen molar-refractivity contribution in [2.24, 2.45) is 0 Å². The first-order valence-electron chi connectivity index (χ1n) is 6.75. The van der Waals surface area contributed by atoms with E-state index in [1.165, 1.54) is 17.0 Å². The van der Waals surface area contributed by atoms with Gasteiger partial charge in [-0.2, -0.15) is 13.2 Å². The average Bonchev–Trinajstić information content (AvgIpc) is 2.94. The zero-order valence-corrected chi connectivity index (χ0v) is 11.2. The van der Waals surface area contributed by atoms with Crippen LogP contribution in [0.4, 0.5) is 13.2 Å². The highest BCUT2D eigenvalue weighted by atomic mass is 19.4. The minimum atomic E-state index is -4.46. The summed E-state index contributed by atoms with van der Waals surface area (Å²) in [4.78, 5) is 16.4. The first kappa shape index (κ1) is 14.1. The fourth-order valence-electron chi connectivity index (χ4n) is 2.62. The van der Waals surface area contributed by atoms with E-state index in [1.807, 2.05) is 0 Å². The van der Waals surface area contributed by atoms with Crippen molar-refractivity contribution in [1.29, 1.82) is 0 Å². The highest BCUT2D eigenvalue weighted by Gasteiger charge is 2.30. The Kier molecular flexibility index (Phi) is 3.44. The standard InChI is InChI=1S/C14H14F3N3O/c15-14(16,17)9-3-4-12-11(6-9)13(21)20(8-19-12)7-10-2-1-5-18-10/h3-4,6,8,10,18H,1-2,5,7H2. The Morgan fingerprint density at radius 3 is 2.86 bits per heavy atom. The van der Waals surface area contributed by atoms with Gasteiger partial charge in [0, 0.05) is 12.6 Å². The molecule has 1 atom stereocenters. The zero-order valence-electron chi connectivity index (χ0n) is 11.2. The van der Waals surface area contributed by atoms with Gasteiger partial charge in [0.05, 0.1) is 22.8 Å². The molecular formula is C14H14F3N3O. The van der Waals surface area contributed by atoms with Crippen LogP contribution in [0.5, 0.6) is 0 Å². The van der Waals surface area contributed by atoms with E-state index in [4.69, 9.17) is 0 Å². The van der Waals surface area contributed by atoms with Crippen molar-refractivity contribution in [2.45, 2.75) is 31.6 Å². The molecule has 0 bridgehead atoms. The van der Waals surface area contributed by atoms with Crippen molar-refractivity contribution in [3.8, 4) is 0 Å². The molecule has 7 heteroatoms. The molecule has 1 fully saturated rings. The third kappa shape index (κ3) is 2.78. The summed E-state index contributed by atoms with van der Waals surface area (Å²) in [6.45, 7) is 1.33. The van der Waals surface area contributed by atoms with E-state index in [-0.39, 0.29) is 16.9 Å². The predicted molar refractivity (Wildman–Crippen MR) is 72.0 cm³/mol. The number of nitrogens with one attached hydrogen (secondary N) is 1. The summed E-state index contributed by atoms with van der Waals surface area (Å²) >= 11 is 0. The van der Waals surface area contributed by atoms with Crippen LogP contribution >= 0.6 is 0 Å². The summed E-state index contributed by atoms with van der Waals surface area (Å²) in [5, 5.41) is 3.25. The van der Waals surface area contributed by atoms with Crippen molar-refractivity contribution in [1.82, 2.24) is 14.9 Å². The number of benzene rings is 1. The van der Waals surface area contributed by atoms with Crippen LogP contribution in [0.25, 0.3) is 10.9 Å². The van der Waals surface area contributed by atoms with E-state index >= 15 is 0 Å². The number of fused-ring (bicyclic) bond motifs is 1. The predicted octanol–water partition coefficient (Wildman–Crippen LogP) is 2.17. The highest BCUT2D eigenvalue weighted by Crippen LogP contribution is 2.30. The second kappa shape index (κ2) is 5.14. The minimum Gasteiger partial charge on any atom is -0.312 e. The van der Waals surface area contributed by atoms with E-state index in [2.05, 4.69) is 10.3 Å². The van der Waals surface area contributed by atoms with Crippen molar-refractivity contribution in [3.63, 3.8) is 0 Å². The smallest absolute Gasteiger partial charge is 0.312 e. The largest absolute Gasteiger partial charge is 0.416 e. The molecule has 2 aromatic rings. The first-order chi connectivity index (χ1) is 9.95. The summed E-state index contributed by atoms with van der Waals surface area (Å²) < 4.78 is 39.6. The van der Waals surface area contributed by atoms with Crippen LogP contribution < -0.4 is 10.9 Å². The SMILES string of the molecule is O=c1c2cc(C(F)(F)F)ccc2ncn1CC1CCCN1. The van der Waals surface area contributed by atoms with Gasteiger partial charge >= 0.3 is 6.18 Å². The van der Waals surface area contributed by atoms with Gasteiger partial charge in [0.25, 0.3) is 5.56 Å². The van der Waals surface area contributed by atoms with Crippen LogP contribution in [-0.4, -0.2) is 22.1 Å². The van der Waals surface area contributed by atoms with Crippen molar-refractivity contribution < 1.29 is 13.2 Å². The zero-order chi connectivity index (χ0) is 15.0. The molecular weight excluding hydrogens is 283 g/mol. The number of hydrogen-bond acceptors (Lipinski definition) is 3. The minimum absolute atomic E-state index is 0.00493. The molecule has 21 heavy (non-hydrogen) atoms. The van der Waals surface area contributed by atoms with Crippen LogP contribution in [0.3, 0.4) is 0 Å². The maximum absolute atomic E-state index is 12.7. The summed E-state index contributed by atoms with van der Waals surface area (Å²) in [6, 6.07) is 3.23. The molecule has 1 aliphatic rings. The lowest BCUT2D eigenvalue weighted by atomic mass is 10.1. The molecule has 1 unspecified atom stereocenters. The van der Waals surface area contributed by atoms with Gasteiger partial charge in [-0.1, -0.05) is 0 Å². The van der Waals surface area contributed by atoms with E-state index in [1.54, 1.807) is 0 Å². The van der Waals surface area contributed by atoms with E-state index in [0.29, 0.717) is 6.54 Å². The van der Waals surface area contributed by atoms with Gasteiger partial charge in [-0.15, -0.1) is 0 Å². The Labute approximate surface area is 118 Å². The molecule has 1 N–H and O–H groups in total. The molecule has 112 valence electrons. The van der Waals surface area contributed by atoms with E-state index in [9.17, 15) is 18.0 Å². The van der Waals surface area contributed by atoms with Crippen LogP contribution in [0.15, 0.2) is 29.3 Å². The third-order valence-electron chi connectivity index (χ3n) is 3.73. The second-order valence-electron chi connectivity index (χ2n) is 5.23. The first-order valence-corrected chi connectivity index (χ1v) is 6.75. The van der Waals surface area contributed by atoms with Crippen LogP contribution in [-0.2, 0) is 12.7 Å². The number of aromatic nitrogens is 2. The topological polar surface area (TPSA) is 46.9 Å². The fraction of sp³-hybridized carbons (Fsp3) is 0.429. The molecule has 1 aliphatic heterocycles. The van der Waals surface area contributed by atoms with E-state index < -0.39 is 17.3 Å². The van der Waals surface area contributed by atoms with Gasteiger partial charge in [-0.3, -0.25) is 9.36 Å². The van der Waals surface area contributed by atoms with Crippen molar-refractivity contribution >= 4 is 10.9 Å². The summed E-state index contributed by atoms with van der Waals surface area (Å²) in [7, 11) is 0. The number of halogens is 3. The third-order valence-corrected chi connectivity index (χ3v) is 3.73. The number of rotatable bonds is 2. The highest BCUT2D eigenvalue weighted by molar-refractivity contribution is 5.78. The quantitative estimate of drug-likeness (QED) is 0.924. The number of alkyl halides is 3. The normalized spacial score (nSPS) is 19.3. The molecule has 3 rings (SSSR count). The lowest BCUT2D eigenvalue weighted by molar-refractivity contribution is -0.137. The molecule has 2 heterocycles. The number of hydrogen-bond donors (Lipinski definition) is 1. The molecule has 4 nitrogen and oxygen atoms in total. The molecule has 0 radical (unpaired) electrons. The molecule has 1 aromatic heterocycles. The van der Waals surface area contributed by atoms with Gasteiger partial charge in [-0.25, -0.2) is 4.98 Å². The second-order valence-corrected chi connectivity index (χ2v) is 5.23. The lowest BCUT2D eigenvalue weighted by Gasteiger charge is -2.13. The summed E-state index contributed by atoms with van der Waals surface area (Å²) in [6.07, 6.45) is -1.07. The molecule has 1 aromatic carbocycles. The van der Waals surface area contributed by atoms with Gasteiger partial charge in [0.2, 0.25) is 0 Å². The summed E-state index contributed by atoms with van der Waals surface area (Å²) in [5.74, 6) is 0.